The maximum Gasteiger partial charge on any atom is 0.249 e. The van der Waals surface area contributed by atoms with Crippen LogP contribution in [0.2, 0.25) is 0 Å². The number of ether oxygens (including phenoxy) is 1. The molecular formula is C33H45N3O5. The number of benzene rings is 1. The lowest BCUT2D eigenvalue weighted by Gasteiger charge is -2.42. The van der Waals surface area contributed by atoms with Gasteiger partial charge in [-0.3, -0.25) is 14.4 Å². The van der Waals surface area contributed by atoms with Crippen molar-refractivity contribution in [3.63, 3.8) is 0 Å². The van der Waals surface area contributed by atoms with E-state index in [-0.39, 0.29) is 36.3 Å². The van der Waals surface area contributed by atoms with Crippen LogP contribution in [-0.2, 0) is 25.7 Å². The van der Waals surface area contributed by atoms with Gasteiger partial charge >= 0.3 is 0 Å². The second-order valence-corrected chi connectivity index (χ2v) is 12.5. The number of hydrogen-bond acceptors (Lipinski definition) is 5. The fraction of sp³-hybridized carbons (Fsp3) is 0.606. The Morgan fingerprint density at radius 3 is 2.34 bits per heavy atom. The van der Waals surface area contributed by atoms with Gasteiger partial charge in [-0.2, -0.15) is 0 Å². The minimum absolute atomic E-state index is 0.0233. The van der Waals surface area contributed by atoms with E-state index >= 15 is 0 Å². The first-order valence-electron chi connectivity index (χ1n) is 15.2. The summed E-state index contributed by atoms with van der Waals surface area (Å²) in [6, 6.07) is 8.27. The summed E-state index contributed by atoms with van der Waals surface area (Å²) in [5.41, 5.74) is -1.37. The van der Waals surface area contributed by atoms with Crippen molar-refractivity contribution in [1.29, 1.82) is 0 Å². The number of nitrogens with zero attached hydrogens (tertiary/aromatic N) is 3. The van der Waals surface area contributed by atoms with Gasteiger partial charge in [-0.15, -0.1) is 0 Å². The molecule has 1 aromatic carbocycles. The third-order valence-electron chi connectivity index (χ3n) is 9.91. The molecule has 4 heterocycles. The molecule has 8 heteroatoms. The Balaban J connectivity index is 1.62. The van der Waals surface area contributed by atoms with Crippen LogP contribution in [0.5, 0.6) is 0 Å². The molecule has 2 unspecified atom stereocenters. The van der Waals surface area contributed by atoms with Crippen LogP contribution >= 0.6 is 0 Å². The quantitative estimate of drug-likeness (QED) is 0.464. The SMILES string of the molecule is CCCC(C)N1CC=C[C@]23O[C@@]4(C)C=CCN(Cc5ccccc5)C(=O)[C@H]4[C@H]2C(=O)N([C@@H](CO)[C@@H](C)CC)C3C1=O. The first kappa shape index (κ1) is 29.5. The van der Waals surface area contributed by atoms with Crippen molar-refractivity contribution < 1.29 is 24.2 Å². The number of aliphatic hydroxyl groups excluding tert-OH is 1. The van der Waals surface area contributed by atoms with Crippen molar-refractivity contribution in [3.8, 4) is 0 Å². The Labute approximate surface area is 244 Å². The van der Waals surface area contributed by atoms with Crippen molar-refractivity contribution in [3.05, 3.63) is 60.2 Å². The van der Waals surface area contributed by atoms with Crippen LogP contribution < -0.4 is 0 Å². The van der Waals surface area contributed by atoms with Crippen LogP contribution in [0, 0.1) is 17.8 Å². The van der Waals surface area contributed by atoms with E-state index < -0.39 is 35.1 Å². The lowest BCUT2D eigenvalue weighted by atomic mass is 9.74. The van der Waals surface area contributed by atoms with E-state index in [1.807, 2.05) is 87.2 Å². The van der Waals surface area contributed by atoms with Crippen LogP contribution in [0.1, 0.15) is 59.4 Å². The molecule has 0 radical (unpaired) electrons. The standard InChI is InChI=1S/C33H45N3O5/c1-6-13-23(4)35-19-12-17-33-27(30(39)36(28(33)31(35)40)25(21-37)22(3)7-2)26-29(38)34(18-11-16-32(26,5)41-33)20-24-14-9-8-10-15-24/h8-12,14-17,22-23,25-28,37H,6-7,13,18-21H2,1-5H3/t22-,23?,25-,26+,27-,28?,32-,33-/m0/s1. The minimum Gasteiger partial charge on any atom is -0.394 e. The van der Waals surface area contributed by atoms with Crippen molar-refractivity contribution in [2.45, 2.75) is 89.8 Å². The predicted octanol–water partition coefficient (Wildman–Crippen LogP) is 3.55. The van der Waals surface area contributed by atoms with Crippen LogP contribution in [0.3, 0.4) is 0 Å². The second-order valence-electron chi connectivity index (χ2n) is 12.5. The molecule has 41 heavy (non-hydrogen) atoms. The molecule has 8 nitrogen and oxygen atoms in total. The highest BCUT2D eigenvalue weighted by molar-refractivity contribution is 6.00. The summed E-state index contributed by atoms with van der Waals surface area (Å²) in [5, 5.41) is 10.6. The minimum atomic E-state index is -1.31. The molecule has 8 atom stereocenters. The molecule has 0 aliphatic carbocycles. The van der Waals surface area contributed by atoms with Gasteiger partial charge < -0.3 is 24.5 Å². The number of carbonyl (C=O) groups excluding carboxylic acids is 3. The molecule has 1 N–H and O–H groups in total. The number of fused-ring (bicyclic) bond motifs is 2. The van der Waals surface area contributed by atoms with Gasteiger partial charge in [-0.1, -0.05) is 88.2 Å². The summed E-state index contributed by atoms with van der Waals surface area (Å²) in [4.78, 5) is 48.9. The molecule has 222 valence electrons. The van der Waals surface area contributed by atoms with Gasteiger partial charge in [0.2, 0.25) is 17.7 Å². The first-order chi connectivity index (χ1) is 19.6. The van der Waals surface area contributed by atoms with E-state index in [1.165, 1.54) is 0 Å². The van der Waals surface area contributed by atoms with Crippen molar-refractivity contribution >= 4 is 17.7 Å². The lowest BCUT2D eigenvalue weighted by Crippen LogP contribution is -2.60. The number of amides is 3. The van der Waals surface area contributed by atoms with Gasteiger partial charge in [0.15, 0.2) is 0 Å². The number of likely N-dealkylation sites (tertiary alicyclic amines) is 1. The largest absolute Gasteiger partial charge is 0.394 e. The average Bonchev–Trinajstić information content (AvgIpc) is 3.23. The van der Waals surface area contributed by atoms with Gasteiger partial charge in [0.05, 0.1) is 30.1 Å². The van der Waals surface area contributed by atoms with Gasteiger partial charge in [0, 0.05) is 25.7 Å². The highest BCUT2D eigenvalue weighted by atomic mass is 16.5. The molecule has 1 spiro atoms. The highest BCUT2D eigenvalue weighted by Gasteiger charge is 2.75. The normalized spacial score (nSPS) is 33.3. The van der Waals surface area contributed by atoms with Gasteiger partial charge in [-0.25, -0.2) is 0 Å². The van der Waals surface area contributed by atoms with E-state index in [0.717, 1.165) is 24.8 Å². The molecule has 2 saturated heterocycles. The molecule has 5 rings (SSSR count). The zero-order chi connectivity index (χ0) is 29.5. The van der Waals surface area contributed by atoms with Crippen LogP contribution in [0.4, 0.5) is 0 Å². The fourth-order valence-electron chi connectivity index (χ4n) is 7.62. The molecule has 0 bridgehead atoms. The van der Waals surface area contributed by atoms with Crippen LogP contribution in [-0.4, -0.2) is 86.6 Å². The molecule has 3 amide bonds. The van der Waals surface area contributed by atoms with Crippen molar-refractivity contribution in [2.75, 3.05) is 19.7 Å². The number of rotatable bonds is 9. The van der Waals surface area contributed by atoms with Gasteiger partial charge in [-0.05, 0) is 31.7 Å². The number of aliphatic hydroxyl groups is 1. The van der Waals surface area contributed by atoms with E-state index in [9.17, 15) is 19.5 Å². The molecule has 0 aromatic heterocycles. The summed E-state index contributed by atoms with van der Waals surface area (Å²) in [6.07, 6.45) is 10.2. The van der Waals surface area contributed by atoms with Gasteiger partial charge in [0.1, 0.15) is 11.6 Å². The average molecular weight is 564 g/mol. The summed E-state index contributed by atoms with van der Waals surface area (Å²) >= 11 is 0. The fourth-order valence-corrected chi connectivity index (χ4v) is 7.62. The maximum absolute atomic E-state index is 14.7. The predicted molar refractivity (Wildman–Crippen MR) is 156 cm³/mol. The summed E-state index contributed by atoms with van der Waals surface area (Å²) in [7, 11) is 0. The van der Waals surface area contributed by atoms with Crippen molar-refractivity contribution in [1.82, 2.24) is 14.7 Å². The zero-order valence-corrected chi connectivity index (χ0v) is 25.0. The summed E-state index contributed by atoms with van der Waals surface area (Å²) in [5.74, 6) is -2.35. The van der Waals surface area contributed by atoms with E-state index in [4.69, 9.17) is 4.74 Å². The van der Waals surface area contributed by atoms with Crippen LogP contribution in [0.15, 0.2) is 54.6 Å². The second kappa shape index (κ2) is 11.4. The van der Waals surface area contributed by atoms with Gasteiger partial charge in [0.25, 0.3) is 0 Å². The molecule has 4 aliphatic rings. The zero-order valence-electron chi connectivity index (χ0n) is 25.0. The Morgan fingerprint density at radius 2 is 1.68 bits per heavy atom. The maximum atomic E-state index is 14.7. The summed E-state index contributed by atoms with van der Waals surface area (Å²) in [6.45, 7) is 11.0. The first-order valence-corrected chi connectivity index (χ1v) is 15.2. The number of carbonyl (C=O) groups is 3. The molecule has 0 saturated carbocycles. The van der Waals surface area contributed by atoms with Crippen LogP contribution in [0.25, 0.3) is 0 Å². The highest BCUT2D eigenvalue weighted by Crippen LogP contribution is 2.58. The lowest BCUT2D eigenvalue weighted by molar-refractivity contribution is -0.158. The van der Waals surface area contributed by atoms with E-state index in [0.29, 0.717) is 19.6 Å². The Kier molecular flexibility index (Phi) is 8.18. The molecular weight excluding hydrogens is 518 g/mol. The molecule has 2 fully saturated rings. The van der Waals surface area contributed by atoms with E-state index in [1.54, 1.807) is 9.80 Å². The third-order valence-corrected chi connectivity index (χ3v) is 9.91. The Morgan fingerprint density at radius 1 is 0.976 bits per heavy atom. The third kappa shape index (κ3) is 4.73. The molecule has 4 aliphatic heterocycles. The van der Waals surface area contributed by atoms with E-state index in [2.05, 4.69) is 6.92 Å². The topological polar surface area (TPSA) is 90.4 Å². The van der Waals surface area contributed by atoms with Crippen molar-refractivity contribution in [2.24, 2.45) is 17.8 Å². The number of hydrogen-bond donors (Lipinski definition) is 1. The monoisotopic (exact) mass is 563 g/mol. The molecule has 1 aromatic rings. The smallest absolute Gasteiger partial charge is 0.249 e. The Hall–Kier alpha value is -2.97. The summed E-state index contributed by atoms with van der Waals surface area (Å²) < 4.78 is 6.95. The Bertz CT molecular complexity index is 1220.